The zero-order chi connectivity index (χ0) is 13.1. The standard InChI is InChI=1S/C14H11BrFNO/c1-9-6-10(4-5-17-9)14(18)8-11-7-12(15)2-3-13(11)16/h2-7H,8H2,1H3. The molecule has 1 aromatic heterocycles. The van der Waals surface area contributed by atoms with Crippen molar-refractivity contribution in [2.45, 2.75) is 13.3 Å². The van der Waals surface area contributed by atoms with Gasteiger partial charge in [0, 0.05) is 28.3 Å². The fourth-order valence-electron chi connectivity index (χ4n) is 1.67. The SMILES string of the molecule is Cc1cc(C(=O)Cc2cc(Br)ccc2F)ccn1. The summed E-state index contributed by atoms with van der Waals surface area (Å²) in [7, 11) is 0. The summed E-state index contributed by atoms with van der Waals surface area (Å²) in [4.78, 5) is 16.0. The minimum Gasteiger partial charge on any atom is -0.294 e. The molecule has 2 rings (SSSR count). The second-order valence-electron chi connectivity index (χ2n) is 4.02. The molecule has 0 saturated carbocycles. The van der Waals surface area contributed by atoms with Gasteiger partial charge in [-0.15, -0.1) is 0 Å². The first-order valence-corrected chi connectivity index (χ1v) is 6.25. The van der Waals surface area contributed by atoms with Gasteiger partial charge in [0.2, 0.25) is 0 Å². The number of Topliss-reactive ketones (excluding diaryl/α,β-unsaturated/α-hetero) is 1. The molecule has 0 aliphatic heterocycles. The van der Waals surface area contributed by atoms with Gasteiger partial charge in [-0.1, -0.05) is 15.9 Å². The summed E-state index contributed by atoms with van der Waals surface area (Å²) in [5.41, 5.74) is 1.72. The Bertz CT molecular complexity index is 598. The van der Waals surface area contributed by atoms with Crippen molar-refractivity contribution in [1.82, 2.24) is 4.98 Å². The van der Waals surface area contributed by atoms with Gasteiger partial charge in [0.15, 0.2) is 5.78 Å². The van der Waals surface area contributed by atoms with Crippen LogP contribution in [0.1, 0.15) is 21.6 Å². The highest BCUT2D eigenvalue weighted by atomic mass is 79.9. The molecular formula is C14H11BrFNO. The van der Waals surface area contributed by atoms with Gasteiger partial charge >= 0.3 is 0 Å². The fourth-order valence-corrected chi connectivity index (χ4v) is 2.08. The molecule has 18 heavy (non-hydrogen) atoms. The summed E-state index contributed by atoms with van der Waals surface area (Å²) in [6, 6.07) is 7.94. The lowest BCUT2D eigenvalue weighted by Crippen LogP contribution is -2.06. The van der Waals surface area contributed by atoms with Gasteiger partial charge < -0.3 is 0 Å². The van der Waals surface area contributed by atoms with Crippen LogP contribution in [0.15, 0.2) is 41.0 Å². The molecule has 0 bridgehead atoms. The summed E-state index contributed by atoms with van der Waals surface area (Å²) in [6.07, 6.45) is 1.63. The van der Waals surface area contributed by atoms with E-state index in [0.717, 1.165) is 10.2 Å². The number of aromatic nitrogens is 1. The minimum atomic E-state index is -0.364. The molecule has 4 heteroatoms. The summed E-state index contributed by atoms with van der Waals surface area (Å²) < 4.78 is 14.3. The van der Waals surface area contributed by atoms with Crippen LogP contribution in [0.3, 0.4) is 0 Å². The van der Waals surface area contributed by atoms with E-state index in [1.165, 1.54) is 6.07 Å². The first-order valence-electron chi connectivity index (χ1n) is 5.46. The predicted octanol–water partition coefficient (Wildman–Crippen LogP) is 3.72. The number of carbonyl (C=O) groups is 1. The van der Waals surface area contributed by atoms with Crippen LogP contribution in [0, 0.1) is 12.7 Å². The molecule has 0 aliphatic rings. The predicted molar refractivity (Wildman–Crippen MR) is 71.1 cm³/mol. The zero-order valence-electron chi connectivity index (χ0n) is 9.78. The number of benzene rings is 1. The number of carbonyl (C=O) groups excluding carboxylic acids is 1. The Kier molecular flexibility index (Phi) is 3.87. The third-order valence-electron chi connectivity index (χ3n) is 2.58. The maximum Gasteiger partial charge on any atom is 0.167 e. The number of ketones is 1. The number of hydrogen-bond donors (Lipinski definition) is 0. The summed E-state index contributed by atoms with van der Waals surface area (Å²) in [5, 5.41) is 0. The highest BCUT2D eigenvalue weighted by molar-refractivity contribution is 9.10. The Morgan fingerprint density at radius 3 is 2.83 bits per heavy atom. The van der Waals surface area contributed by atoms with Crippen molar-refractivity contribution in [2.24, 2.45) is 0 Å². The smallest absolute Gasteiger partial charge is 0.167 e. The third-order valence-corrected chi connectivity index (χ3v) is 3.07. The first kappa shape index (κ1) is 12.9. The maximum absolute atomic E-state index is 13.5. The third kappa shape index (κ3) is 3.01. The van der Waals surface area contributed by atoms with Crippen molar-refractivity contribution in [1.29, 1.82) is 0 Å². The highest BCUT2D eigenvalue weighted by Gasteiger charge is 2.11. The van der Waals surface area contributed by atoms with Crippen LogP contribution in [0.25, 0.3) is 0 Å². The molecule has 1 aromatic carbocycles. The maximum atomic E-state index is 13.5. The lowest BCUT2D eigenvalue weighted by atomic mass is 10.0. The number of aryl methyl sites for hydroxylation is 1. The van der Waals surface area contributed by atoms with E-state index in [1.807, 2.05) is 6.92 Å². The van der Waals surface area contributed by atoms with E-state index in [-0.39, 0.29) is 18.0 Å². The molecule has 0 atom stereocenters. The van der Waals surface area contributed by atoms with Crippen LogP contribution in [0.4, 0.5) is 4.39 Å². The summed E-state index contributed by atoms with van der Waals surface area (Å²) in [5.74, 6) is -0.477. The Labute approximate surface area is 113 Å². The molecule has 0 saturated heterocycles. The van der Waals surface area contributed by atoms with Gasteiger partial charge in [-0.25, -0.2) is 4.39 Å². The molecule has 2 nitrogen and oxygen atoms in total. The van der Waals surface area contributed by atoms with Gasteiger partial charge in [-0.3, -0.25) is 9.78 Å². The van der Waals surface area contributed by atoms with E-state index >= 15 is 0 Å². The van der Waals surface area contributed by atoms with Crippen molar-refractivity contribution >= 4 is 21.7 Å². The summed E-state index contributed by atoms with van der Waals surface area (Å²) in [6.45, 7) is 1.82. The molecule has 0 fully saturated rings. The molecule has 0 aliphatic carbocycles. The van der Waals surface area contributed by atoms with Crippen LogP contribution in [-0.2, 0) is 6.42 Å². The van der Waals surface area contributed by atoms with Gasteiger partial charge in [-0.2, -0.15) is 0 Å². The van der Waals surface area contributed by atoms with Gasteiger partial charge in [0.25, 0.3) is 0 Å². The molecular weight excluding hydrogens is 297 g/mol. The van der Waals surface area contributed by atoms with Gasteiger partial charge in [0.05, 0.1) is 0 Å². The van der Waals surface area contributed by atoms with Crippen molar-refractivity contribution in [3.8, 4) is 0 Å². The van der Waals surface area contributed by atoms with E-state index < -0.39 is 0 Å². The Morgan fingerprint density at radius 1 is 1.33 bits per heavy atom. The van der Waals surface area contributed by atoms with E-state index in [1.54, 1.807) is 30.5 Å². The second-order valence-corrected chi connectivity index (χ2v) is 4.94. The number of halogens is 2. The largest absolute Gasteiger partial charge is 0.294 e. The van der Waals surface area contributed by atoms with E-state index in [9.17, 15) is 9.18 Å². The van der Waals surface area contributed by atoms with E-state index in [2.05, 4.69) is 20.9 Å². The van der Waals surface area contributed by atoms with Crippen molar-refractivity contribution in [3.63, 3.8) is 0 Å². The molecule has 2 aromatic rings. The monoisotopic (exact) mass is 307 g/mol. The van der Waals surface area contributed by atoms with Crippen molar-refractivity contribution < 1.29 is 9.18 Å². The van der Waals surface area contributed by atoms with Crippen LogP contribution >= 0.6 is 15.9 Å². The summed E-state index contributed by atoms with van der Waals surface area (Å²) >= 11 is 3.27. The van der Waals surface area contributed by atoms with Gasteiger partial charge in [0.1, 0.15) is 5.82 Å². The van der Waals surface area contributed by atoms with Crippen LogP contribution in [-0.4, -0.2) is 10.8 Å². The lowest BCUT2D eigenvalue weighted by Gasteiger charge is -2.04. The Balaban J connectivity index is 2.24. The van der Waals surface area contributed by atoms with E-state index in [0.29, 0.717) is 11.1 Å². The number of pyridine rings is 1. The molecule has 92 valence electrons. The van der Waals surface area contributed by atoms with Crippen LogP contribution in [0.2, 0.25) is 0 Å². The Morgan fingerprint density at radius 2 is 2.11 bits per heavy atom. The molecule has 1 heterocycles. The number of rotatable bonds is 3. The second kappa shape index (κ2) is 5.40. The Hall–Kier alpha value is -1.55. The normalized spacial score (nSPS) is 10.4. The molecule has 0 spiro atoms. The first-order chi connectivity index (χ1) is 8.56. The van der Waals surface area contributed by atoms with Crippen molar-refractivity contribution in [3.05, 3.63) is 63.6 Å². The average molecular weight is 308 g/mol. The van der Waals surface area contributed by atoms with E-state index in [4.69, 9.17) is 0 Å². The zero-order valence-corrected chi connectivity index (χ0v) is 11.4. The van der Waals surface area contributed by atoms with Crippen molar-refractivity contribution in [2.75, 3.05) is 0 Å². The van der Waals surface area contributed by atoms with Crippen LogP contribution < -0.4 is 0 Å². The van der Waals surface area contributed by atoms with Gasteiger partial charge in [-0.05, 0) is 42.8 Å². The molecule has 0 N–H and O–H groups in total. The lowest BCUT2D eigenvalue weighted by molar-refractivity contribution is 0.0991. The highest BCUT2D eigenvalue weighted by Crippen LogP contribution is 2.17. The number of hydrogen-bond acceptors (Lipinski definition) is 2. The topological polar surface area (TPSA) is 30.0 Å². The molecule has 0 amide bonds. The van der Waals surface area contributed by atoms with Crippen LogP contribution in [0.5, 0.6) is 0 Å². The molecule has 0 radical (unpaired) electrons. The quantitative estimate of drug-likeness (QED) is 0.809. The fraction of sp³-hybridized carbons (Fsp3) is 0.143. The molecule has 0 unspecified atom stereocenters. The number of nitrogens with zero attached hydrogens (tertiary/aromatic N) is 1. The average Bonchev–Trinajstić information content (AvgIpc) is 2.34. The minimum absolute atomic E-state index is 0.0503.